The number of carbonyl (C=O) groups excluding carboxylic acids is 1. The molecule has 0 bridgehead atoms. The number of hydrogen-bond donors (Lipinski definition) is 1. The number of rotatable bonds is 10. The van der Waals surface area contributed by atoms with E-state index < -0.39 is 0 Å². The molecule has 1 amide bonds. The van der Waals surface area contributed by atoms with Gasteiger partial charge in [-0.1, -0.05) is 0 Å². The lowest BCUT2D eigenvalue weighted by atomic mass is 10.2. The van der Waals surface area contributed by atoms with Crippen molar-refractivity contribution in [3.05, 3.63) is 47.1 Å². The number of nitrogens with one attached hydrogen (secondary N) is 1. The molecule has 2 aromatic heterocycles. The molecule has 170 valence electrons. The topological polar surface area (TPSA) is 98.6 Å². The van der Waals surface area contributed by atoms with Gasteiger partial charge in [0.05, 0.1) is 43.3 Å². The van der Waals surface area contributed by atoms with Gasteiger partial charge in [-0.25, -0.2) is 9.97 Å². The number of aryl methyl sites for hydroxylation is 1. The number of ether oxygens (including phenoxy) is 2. The van der Waals surface area contributed by atoms with Gasteiger partial charge in [-0.15, -0.1) is 0 Å². The van der Waals surface area contributed by atoms with Crippen LogP contribution in [0.2, 0.25) is 0 Å². The fraction of sp³-hybridized carbons (Fsp3) is 0.391. The van der Waals surface area contributed by atoms with E-state index in [1.54, 1.807) is 18.3 Å². The molecular formula is C23H29N5O4. The molecule has 0 fully saturated rings. The molecule has 0 saturated heterocycles. The van der Waals surface area contributed by atoms with E-state index in [1.807, 2.05) is 12.1 Å². The van der Waals surface area contributed by atoms with E-state index in [-0.39, 0.29) is 17.9 Å². The third kappa shape index (κ3) is 5.16. The molecule has 2 heterocycles. The molecule has 0 aliphatic rings. The number of amides is 1. The van der Waals surface area contributed by atoms with E-state index in [2.05, 4.69) is 34.0 Å². The van der Waals surface area contributed by atoms with Crippen LogP contribution in [0.3, 0.4) is 0 Å². The lowest BCUT2D eigenvalue weighted by molar-refractivity contribution is -0.116. The molecule has 9 heteroatoms. The smallest absolute Gasteiger partial charge is 0.261 e. The molecule has 0 unspecified atom stereocenters. The minimum Gasteiger partial charge on any atom is -0.493 e. The van der Waals surface area contributed by atoms with Crippen molar-refractivity contribution in [3.8, 4) is 11.5 Å². The van der Waals surface area contributed by atoms with Gasteiger partial charge in [0, 0.05) is 32.1 Å². The maximum Gasteiger partial charge on any atom is 0.261 e. The highest BCUT2D eigenvalue weighted by atomic mass is 16.5. The lowest BCUT2D eigenvalue weighted by Crippen LogP contribution is -2.23. The Kier molecular flexibility index (Phi) is 7.64. The van der Waals surface area contributed by atoms with E-state index in [9.17, 15) is 9.59 Å². The minimum atomic E-state index is -0.187. The summed E-state index contributed by atoms with van der Waals surface area (Å²) in [5, 5.41) is 3.29. The Labute approximate surface area is 187 Å². The predicted molar refractivity (Wildman–Crippen MR) is 125 cm³/mol. The van der Waals surface area contributed by atoms with E-state index in [0.717, 1.165) is 18.9 Å². The highest BCUT2D eigenvalue weighted by Crippen LogP contribution is 2.29. The first-order valence-electron chi connectivity index (χ1n) is 10.6. The molecule has 9 nitrogen and oxygen atoms in total. The van der Waals surface area contributed by atoms with Crippen molar-refractivity contribution >= 4 is 28.3 Å². The van der Waals surface area contributed by atoms with Gasteiger partial charge in [0.2, 0.25) is 5.91 Å². The molecule has 0 aliphatic heterocycles. The van der Waals surface area contributed by atoms with Crippen molar-refractivity contribution in [3.63, 3.8) is 0 Å². The van der Waals surface area contributed by atoms with Gasteiger partial charge in [0.15, 0.2) is 11.5 Å². The summed E-state index contributed by atoms with van der Waals surface area (Å²) >= 11 is 0. The molecule has 1 aromatic carbocycles. The van der Waals surface area contributed by atoms with E-state index in [0.29, 0.717) is 41.1 Å². The van der Waals surface area contributed by atoms with Crippen LogP contribution in [0.15, 0.2) is 41.6 Å². The molecule has 1 N–H and O–H groups in total. The Morgan fingerprint density at radius 2 is 1.81 bits per heavy atom. The summed E-state index contributed by atoms with van der Waals surface area (Å²) in [5.41, 5.74) is 0.992. The first-order chi connectivity index (χ1) is 15.5. The summed E-state index contributed by atoms with van der Waals surface area (Å²) in [6.45, 7) is 6.27. The van der Waals surface area contributed by atoms with Gasteiger partial charge in [-0.05, 0) is 38.5 Å². The van der Waals surface area contributed by atoms with Crippen LogP contribution in [-0.2, 0) is 11.3 Å². The highest BCUT2D eigenvalue weighted by molar-refractivity contribution is 5.90. The van der Waals surface area contributed by atoms with E-state index >= 15 is 0 Å². The summed E-state index contributed by atoms with van der Waals surface area (Å²) in [6.07, 6.45) is 3.92. The summed E-state index contributed by atoms with van der Waals surface area (Å²) in [6, 6.07) is 7.04. The zero-order valence-corrected chi connectivity index (χ0v) is 18.9. The number of pyridine rings is 1. The third-order valence-corrected chi connectivity index (χ3v) is 5.25. The summed E-state index contributed by atoms with van der Waals surface area (Å²) in [4.78, 5) is 36.0. The first-order valence-corrected chi connectivity index (χ1v) is 10.6. The molecule has 0 radical (unpaired) electrons. The number of carbonyl (C=O) groups is 1. The van der Waals surface area contributed by atoms with Crippen molar-refractivity contribution in [1.29, 1.82) is 0 Å². The third-order valence-electron chi connectivity index (χ3n) is 5.25. The number of anilines is 2. The van der Waals surface area contributed by atoms with Crippen LogP contribution in [0.5, 0.6) is 11.5 Å². The standard InChI is InChI=1S/C23H29N5O4/c1-5-27(6-2)21-10-9-16(14-24-21)26-22(29)8-7-11-28-15-25-18-13-20(32-4)19(31-3)12-17(18)23(28)30/h9-10,12-15H,5-8,11H2,1-4H3,(H,26,29). The van der Waals surface area contributed by atoms with E-state index in [4.69, 9.17) is 9.47 Å². The number of nitrogens with zero attached hydrogens (tertiary/aromatic N) is 4. The fourth-order valence-electron chi connectivity index (χ4n) is 3.47. The molecule has 32 heavy (non-hydrogen) atoms. The van der Waals surface area contributed by atoms with Crippen molar-refractivity contribution < 1.29 is 14.3 Å². The molecule has 0 atom stereocenters. The van der Waals surface area contributed by atoms with Crippen LogP contribution in [-0.4, -0.2) is 47.8 Å². The van der Waals surface area contributed by atoms with Crippen molar-refractivity contribution in [2.45, 2.75) is 33.2 Å². The van der Waals surface area contributed by atoms with Gasteiger partial charge >= 0.3 is 0 Å². The summed E-state index contributed by atoms with van der Waals surface area (Å²) < 4.78 is 12.0. The number of fused-ring (bicyclic) bond motifs is 1. The lowest BCUT2D eigenvalue weighted by Gasteiger charge is -2.19. The predicted octanol–water partition coefficient (Wildman–Crippen LogP) is 3.07. The van der Waals surface area contributed by atoms with Crippen LogP contribution < -0.4 is 25.2 Å². The largest absolute Gasteiger partial charge is 0.493 e. The summed E-state index contributed by atoms with van der Waals surface area (Å²) in [5.74, 6) is 1.73. The Balaban J connectivity index is 1.60. The van der Waals surface area contributed by atoms with Gasteiger partial charge in [-0.3, -0.25) is 14.2 Å². The second-order valence-corrected chi connectivity index (χ2v) is 7.20. The Morgan fingerprint density at radius 3 is 2.44 bits per heavy atom. The van der Waals surface area contributed by atoms with Gasteiger partial charge < -0.3 is 19.7 Å². The van der Waals surface area contributed by atoms with Gasteiger partial charge in [0.1, 0.15) is 5.82 Å². The van der Waals surface area contributed by atoms with Crippen LogP contribution in [0.1, 0.15) is 26.7 Å². The normalized spacial score (nSPS) is 10.8. The van der Waals surface area contributed by atoms with Crippen molar-refractivity contribution in [2.75, 3.05) is 37.5 Å². The molecule has 0 saturated carbocycles. The second-order valence-electron chi connectivity index (χ2n) is 7.20. The Hall–Kier alpha value is -3.62. The Morgan fingerprint density at radius 1 is 1.09 bits per heavy atom. The van der Waals surface area contributed by atoms with Crippen LogP contribution >= 0.6 is 0 Å². The quantitative estimate of drug-likeness (QED) is 0.518. The van der Waals surface area contributed by atoms with E-state index in [1.165, 1.54) is 25.1 Å². The minimum absolute atomic E-state index is 0.129. The Bertz CT molecular complexity index is 1120. The summed E-state index contributed by atoms with van der Waals surface area (Å²) in [7, 11) is 3.05. The van der Waals surface area contributed by atoms with Crippen molar-refractivity contribution in [2.24, 2.45) is 0 Å². The zero-order chi connectivity index (χ0) is 23.1. The van der Waals surface area contributed by atoms with Crippen molar-refractivity contribution in [1.82, 2.24) is 14.5 Å². The molecule has 0 aliphatic carbocycles. The van der Waals surface area contributed by atoms with Crippen LogP contribution in [0.25, 0.3) is 10.9 Å². The highest BCUT2D eigenvalue weighted by Gasteiger charge is 2.12. The molecule has 0 spiro atoms. The van der Waals surface area contributed by atoms with Crippen LogP contribution in [0.4, 0.5) is 11.5 Å². The first kappa shape index (κ1) is 23.1. The molecule has 3 aromatic rings. The number of aromatic nitrogens is 3. The average Bonchev–Trinajstić information content (AvgIpc) is 2.81. The number of methoxy groups -OCH3 is 2. The SMILES string of the molecule is CCN(CC)c1ccc(NC(=O)CCCn2cnc3cc(OC)c(OC)cc3c2=O)cn1. The number of benzene rings is 1. The maximum atomic E-state index is 12.8. The fourth-order valence-corrected chi connectivity index (χ4v) is 3.47. The van der Waals surface area contributed by atoms with Gasteiger partial charge in [0.25, 0.3) is 5.56 Å². The second kappa shape index (κ2) is 10.6. The maximum absolute atomic E-state index is 12.8. The zero-order valence-electron chi connectivity index (χ0n) is 18.9. The average molecular weight is 440 g/mol. The monoisotopic (exact) mass is 439 g/mol. The molecule has 3 rings (SSSR count). The van der Waals surface area contributed by atoms with Crippen LogP contribution in [0, 0.1) is 0 Å². The van der Waals surface area contributed by atoms with Gasteiger partial charge in [-0.2, -0.15) is 0 Å². The number of hydrogen-bond acceptors (Lipinski definition) is 7. The molecular weight excluding hydrogens is 410 g/mol.